The van der Waals surface area contributed by atoms with Crippen LogP contribution in [0.4, 0.5) is 0 Å². The molecule has 2 amide bonds. The van der Waals surface area contributed by atoms with Gasteiger partial charge in [-0.2, -0.15) is 10.4 Å². The number of hydrogen-bond acceptors (Lipinski definition) is 7. The van der Waals surface area contributed by atoms with Crippen LogP contribution >= 0.6 is 11.6 Å². The summed E-state index contributed by atoms with van der Waals surface area (Å²) >= 11 is 6.35. The first-order valence-corrected chi connectivity index (χ1v) is 16.1. The Labute approximate surface area is 284 Å². The Kier molecular flexibility index (Phi) is 10.6. The van der Waals surface area contributed by atoms with E-state index >= 15 is 0 Å². The van der Waals surface area contributed by atoms with Crippen molar-refractivity contribution in [3.63, 3.8) is 0 Å². The lowest BCUT2D eigenvalue weighted by molar-refractivity contribution is -0.139. The summed E-state index contributed by atoms with van der Waals surface area (Å²) in [5.41, 5.74) is 1.93. The van der Waals surface area contributed by atoms with Gasteiger partial charge < -0.3 is 19.7 Å². The molecule has 1 aromatic heterocycles. The number of carbonyl (C=O) groups is 2. The zero-order valence-electron chi connectivity index (χ0n) is 27.3. The summed E-state index contributed by atoms with van der Waals surface area (Å²) < 4.78 is 11.9. The van der Waals surface area contributed by atoms with Gasteiger partial charge in [-0.1, -0.05) is 54.1 Å². The van der Waals surface area contributed by atoms with Crippen LogP contribution in [0.2, 0.25) is 5.02 Å². The van der Waals surface area contributed by atoms with Crippen molar-refractivity contribution < 1.29 is 19.1 Å². The van der Waals surface area contributed by atoms with Gasteiger partial charge in [-0.3, -0.25) is 14.4 Å². The lowest BCUT2D eigenvalue weighted by Gasteiger charge is -2.38. The van der Waals surface area contributed by atoms with Crippen molar-refractivity contribution in [2.75, 3.05) is 6.61 Å². The standard InChI is InChI=1S/C37H38ClN5O5/c1-23-17-27(13-15-31(23)48-32-18-24(2)41-42-35(32)45)34(44)40-29(21-47-20-25-9-6-5-7-10-25)36(46)43-30(26-11-8-12-28(38)19-26)14-16-33(43)37(3,4)22-39/h5-13,15,17-19,29-30,33H,14,16,20-21H2,1-4H3,(H,40,44)(H,42,45)/t29-,30+,33?/m1/s1. The van der Waals surface area contributed by atoms with E-state index in [1.54, 1.807) is 43.0 Å². The van der Waals surface area contributed by atoms with E-state index in [2.05, 4.69) is 21.6 Å². The largest absolute Gasteiger partial charge is 0.451 e. The maximum Gasteiger partial charge on any atom is 0.307 e. The van der Waals surface area contributed by atoms with Gasteiger partial charge in [-0.05, 0) is 87.6 Å². The van der Waals surface area contributed by atoms with Crippen LogP contribution in [0.25, 0.3) is 0 Å². The van der Waals surface area contributed by atoms with E-state index < -0.39 is 29.0 Å². The minimum absolute atomic E-state index is 0.0822. The molecule has 2 N–H and O–H groups in total. The molecular weight excluding hydrogens is 630 g/mol. The third-order valence-corrected chi connectivity index (χ3v) is 8.78. The fourth-order valence-electron chi connectivity index (χ4n) is 5.99. The highest BCUT2D eigenvalue weighted by atomic mass is 35.5. The maximum atomic E-state index is 14.6. The molecule has 3 atom stereocenters. The summed E-state index contributed by atoms with van der Waals surface area (Å²) in [6, 6.07) is 23.8. The molecule has 2 heterocycles. The van der Waals surface area contributed by atoms with E-state index in [1.807, 2.05) is 62.4 Å². The van der Waals surface area contributed by atoms with Crippen LogP contribution in [-0.4, -0.2) is 45.6 Å². The molecular formula is C37H38ClN5O5. The van der Waals surface area contributed by atoms with Gasteiger partial charge in [-0.25, -0.2) is 5.10 Å². The summed E-state index contributed by atoms with van der Waals surface area (Å²) in [7, 11) is 0. The second-order valence-electron chi connectivity index (χ2n) is 12.6. The number of amides is 2. The Morgan fingerprint density at radius 1 is 1.06 bits per heavy atom. The Hall–Kier alpha value is -4.98. The predicted molar refractivity (Wildman–Crippen MR) is 182 cm³/mol. The molecule has 248 valence electrons. The van der Waals surface area contributed by atoms with Crippen LogP contribution in [0.1, 0.15) is 65.5 Å². The number of aromatic amines is 1. The summed E-state index contributed by atoms with van der Waals surface area (Å²) in [5, 5.41) is 19.8. The van der Waals surface area contributed by atoms with Crippen molar-refractivity contribution in [1.82, 2.24) is 20.4 Å². The third-order valence-electron chi connectivity index (χ3n) is 8.55. The minimum atomic E-state index is -1.06. The second-order valence-corrected chi connectivity index (χ2v) is 13.0. The molecule has 0 radical (unpaired) electrons. The van der Waals surface area contributed by atoms with E-state index in [0.717, 1.165) is 11.1 Å². The molecule has 1 saturated heterocycles. The maximum absolute atomic E-state index is 14.6. The normalized spacial score (nSPS) is 16.6. The van der Waals surface area contributed by atoms with E-state index in [1.165, 1.54) is 6.07 Å². The topological polar surface area (TPSA) is 137 Å². The van der Waals surface area contributed by atoms with Crippen molar-refractivity contribution in [2.24, 2.45) is 5.41 Å². The molecule has 48 heavy (non-hydrogen) atoms. The molecule has 11 heteroatoms. The Morgan fingerprint density at radius 3 is 2.54 bits per heavy atom. The van der Waals surface area contributed by atoms with Crippen LogP contribution in [0.3, 0.4) is 0 Å². The van der Waals surface area contributed by atoms with E-state index in [4.69, 9.17) is 21.1 Å². The van der Waals surface area contributed by atoms with Gasteiger partial charge in [0.1, 0.15) is 11.8 Å². The van der Waals surface area contributed by atoms with Gasteiger partial charge in [0.25, 0.3) is 5.91 Å². The highest BCUT2D eigenvalue weighted by Gasteiger charge is 2.47. The molecule has 0 saturated carbocycles. The number of nitrogens with one attached hydrogen (secondary N) is 2. The fraction of sp³-hybridized carbons (Fsp3) is 0.324. The predicted octanol–water partition coefficient (Wildman–Crippen LogP) is 6.43. The Bertz CT molecular complexity index is 1890. The number of benzene rings is 3. The quantitative estimate of drug-likeness (QED) is 0.188. The first-order valence-electron chi connectivity index (χ1n) is 15.7. The number of aryl methyl sites for hydroxylation is 2. The number of carbonyl (C=O) groups excluding carboxylic acids is 2. The summed E-state index contributed by atoms with van der Waals surface area (Å²) in [6.07, 6.45) is 1.24. The monoisotopic (exact) mass is 667 g/mol. The van der Waals surface area contributed by atoms with Crippen molar-refractivity contribution in [1.29, 1.82) is 5.26 Å². The van der Waals surface area contributed by atoms with Gasteiger partial charge in [-0.15, -0.1) is 0 Å². The highest BCUT2D eigenvalue weighted by molar-refractivity contribution is 6.30. The number of ether oxygens (including phenoxy) is 2. The number of rotatable bonds is 11. The lowest BCUT2D eigenvalue weighted by atomic mass is 9.84. The molecule has 1 aliphatic heterocycles. The molecule has 0 aliphatic carbocycles. The molecule has 0 spiro atoms. The van der Waals surface area contributed by atoms with E-state index in [9.17, 15) is 19.6 Å². The molecule has 4 aromatic rings. The Balaban J connectivity index is 1.43. The third kappa shape index (κ3) is 7.93. The van der Waals surface area contributed by atoms with Gasteiger partial charge in [0.2, 0.25) is 5.91 Å². The van der Waals surface area contributed by atoms with Crippen LogP contribution in [-0.2, 0) is 16.1 Å². The fourth-order valence-corrected chi connectivity index (χ4v) is 6.19. The smallest absolute Gasteiger partial charge is 0.307 e. The van der Waals surface area contributed by atoms with Crippen molar-refractivity contribution in [3.8, 4) is 17.6 Å². The van der Waals surface area contributed by atoms with Gasteiger partial charge in [0, 0.05) is 16.7 Å². The van der Waals surface area contributed by atoms with E-state index in [-0.39, 0.29) is 30.9 Å². The molecule has 1 unspecified atom stereocenters. The Morgan fingerprint density at radius 2 is 1.83 bits per heavy atom. The summed E-state index contributed by atoms with van der Waals surface area (Å²) in [5.74, 6) is -0.363. The zero-order valence-corrected chi connectivity index (χ0v) is 28.1. The first-order chi connectivity index (χ1) is 23.0. The number of nitriles is 1. The second kappa shape index (κ2) is 14.8. The van der Waals surface area contributed by atoms with Crippen molar-refractivity contribution >= 4 is 23.4 Å². The molecule has 1 fully saturated rings. The summed E-state index contributed by atoms with van der Waals surface area (Å²) in [4.78, 5) is 42.3. The van der Waals surface area contributed by atoms with Crippen LogP contribution < -0.4 is 15.6 Å². The van der Waals surface area contributed by atoms with Gasteiger partial charge in [0.05, 0.1) is 42.5 Å². The lowest BCUT2D eigenvalue weighted by Crippen LogP contribution is -2.55. The van der Waals surface area contributed by atoms with Crippen LogP contribution in [0, 0.1) is 30.6 Å². The number of aromatic nitrogens is 2. The van der Waals surface area contributed by atoms with Crippen LogP contribution in [0.15, 0.2) is 83.7 Å². The number of H-pyrrole nitrogens is 1. The summed E-state index contributed by atoms with van der Waals surface area (Å²) in [6.45, 7) is 7.28. The molecule has 3 aromatic carbocycles. The number of likely N-dealkylation sites (tertiary alicyclic amines) is 1. The molecule has 10 nitrogen and oxygen atoms in total. The number of hydrogen-bond donors (Lipinski definition) is 2. The minimum Gasteiger partial charge on any atom is -0.451 e. The average molecular weight is 668 g/mol. The first kappa shape index (κ1) is 34.4. The molecule has 1 aliphatic rings. The average Bonchev–Trinajstić information content (AvgIpc) is 3.53. The van der Waals surface area contributed by atoms with Gasteiger partial charge in [0.15, 0.2) is 5.75 Å². The number of nitrogens with zero attached hydrogens (tertiary/aromatic N) is 3. The van der Waals surface area contributed by atoms with Crippen molar-refractivity contribution in [2.45, 2.75) is 65.3 Å². The van der Waals surface area contributed by atoms with Crippen molar-refractivity contribution in [3.05, 3.63) is 122 Å². The van der Waals surface area contributed by atoms with Gasteiger partial charge >= 0.3 is 5.56 Å². The zero-order chi connectivity index (χ0) is 34.4. The number of halogens is 1. The SMILES string of the molecule is Cc1cc(Oc2ccc(C(=O)N[C@H](COCc3ccccc3)C(=O)N3C(C(C)(C)C#N)CC[C@H]3c3cccc(Cl)c3)cc2C)c(=O)[nH]n1. The van der Waals surface area contributed by atoms with Crippen LogP contribution in [0.5, 0.6) is 11.5 Å². The van der Waals surface area contributed by atoms with E-state index in [0.29, 0.717) is 40.4 Å². The molecule has 0 bridgehead atoms. The highest BCUT2D eigenvalue weighted by Crippen LogP contribution is 2.44. The molecule has 5 rings (SSSR count).